The molecule has 1 N–H and O–H groups in total. The molecule has 2 atom stereocenters. The van der Waals surface area contributed by atoms with Crippen molar-refractivity contribution in [1.29, 1.82) is 0 Å². The average Bonchev–Trinajstić information content (AvgIpc) is 2.40. The van der Waals surface area contributed by atoms with Crippen molar-refractivity contribution in [3.05, 3.63) is 29.8 Å². The number of para-hydroxylation sites is 1. The second-order valence-corrected chi connectivity index (χ2v) is 4.77. The summed E-state index contributed by atoms with van der Waals surface area (Å²) in [7, 11) is 3.24. The van der Waals surface area contributed by atoms with Crippen LogP contribution in [0.3, 0.4) is 0 Å². The maximum Gasteiger partial charge on any atom is 0.125 e. The highest BCUT2D eigenvalue weighted by atomic mass is 16.5. The van der Waals surface area contributed by atoms with Crippen LogP contribution < -0.4 is 4.74 Å². The lowest BCUT2D eigenvalue weighted by molar-refractivity contribution is -0.0401. The van der Waals surface area contributed by atoms with Gasteiger partial charge in [-0.15, -0.1) is 0 Å². The summed E-state index contributed by atoms with van der Waals surface area (Å²) >= 11 is 0. The van der Waals surface area contributed by atoms with Crippen LogP contribution in [0.2, 0.25) is 0 Å². The van der Waals surface area contributed by atoms with Gasteiger partial charge in [0.25, 0.3) is 0 Å². The van der Waals surface area contributed by atoms with Gasteiger partial charge in [-0.25, -0.2) is 0 Å². The van der Waals surface area contributed by atoms with Crippen molar-refractivity contribution in [2.75, 3.05) is 27.4 Å². The number of benzene rings is 1. The minimum Gasteiger partial charge on any atom is -0.491 e. The zero-order valence-corrected chi connectivity index (χ0v) is 12.1. The summed E-state index contributed by atoms with van der Waals surface area (Å²) in [6.45, 7) is 5.01. The third kappa shape index (κ3) is 4.49. The van der Waals surface area contributed by atoms with E-state index in [9.17, 15) is 5.11 Å². The van der Waals surface area contributed by atoms with Crippen LogP contribution in [0.15, 0.2) is 24.3 Å². The van der Waals surface area contributed by atoms with Gasteiger partial charge in [-0.3, -0.25) is 0 Å². The lowest BCUT2D eigenvalue weighted by Gasteiger charge is -2.26. The van der Waals surface area contributed by atoms with Crippen LogP contribution in [0.4, 0.5) is 0 Å². The molecule has 1 aromatic carbocycles. The minimum absolute atomic E-state index is 0.215. The Morgan fingerprint density at radius 1 is 1.11 bits per heavy atom. The van der Waals surface area contributed by atoms with Crippen molar-refractivity contribution < 1.29 is 19.3 Å². The van der Waals surface area contributed by atoms with Crippen LogP contribution in [0.25, 0.3) is 0 Å². The first-order chi connectivity index (χ1) is 9.11. The Labute approximate surface area is 115 Å². The van der Waals surface area contributed by atoms with Crippen molar-refractivity contribution in [2.24, 2.45) is 5.92 Å². The van der Waals surface area contributed by atoms with Gasteiger partial charge in [0, 0.05) is 19.8 Å². The fourth-order valence-corrected chi connectivity index (χ4v) is 2.03. The Bertz CT molecular complexity index is 365. The highest BCUT2D eigenvalue weighted by molar-refractivity contribution is 5.35. The van der Waals surface area contributed by atoms with Crippen molar-refractivity contribution in [3.63, 3.8) is 0 Å². The molecule has 0 saturated heterocycles. The van der Waals surface area contributed by atoms with Crippen LogP contribution in [0.1, 0.15) is 25.5 Å². The Morgan fingerprint density at radius 3 is 2.37 bits per heavy atom. The van der Waals surface area contributed by atoms with Crippen molar-refractivity contribution in [2.45, 2.75) is 26.1 Å². The van der Waals surface area contributed by atoms with E-state index in [2.05, 4.69) is 0 Å². The quantitative estimate of drug-likeness (QED) is 0.736. The summed E-state index contributed by atoms with van der Waals surface area (Å²) in [5, 5.41) is 10.5. The molecule has 1 rings (SSSR count). The number of hydrogen-bond acceptors (Lipinski definition) is 4. The molecule has 0 spiro atoms. The number of aliphatic hydroxyl groups excluding tert-OH is 1. The Hall–Kier alpha value is -1.10. The molecule has 0 fully saturated rings. The van der Waals surface area contributed by atoms with Gasteiger partial charge in [0.05, 0.1) is 12.7 Å². The van der Waals surface area contributed by atoms with Crippen LogP contribution in [0.5, 0.6) is 5.75 Å². The highest BCUT2D eigenvalue weighted by Crippen LogP contribution is 2.31. The number of aliphatic hydroxyl groups is 1. The van der Waals surface area contributed by atoms with E-state index >= 15 is 0 Å². The Morgan fingerprint density at radius 2 is 1.79 bits per heavy atom. The van der Waals surface area contributed by atoms with Crippen molar-refractivity contribution in [1.82, 2.24) is 0 Å². The topological polar surface area (TPSA) is 47.9 Å². The fraction of sp³-hybridized carbons (Fsp3) is 0.600. The largest absolute Gasteiger partial charge is 0.491 e. The van der Waals surface area contributed by atoms with E-state index in [-0.39, 0.29) is 12.0 Å². The lowest BCUT2D eigenvalue weighted by Crippen LogP contribution is -2.27. The molecule has 108 valence electrons. The normalized spacial score (nSPS) is 14.4. The SMILES string of the molecule is COCCOc1ccccc1C(O)C(OC)C(C)C. The minimum atomic E-state index is -0.705. The molecule has 0 aromatic heterocycles. The van der Waals surface area contributed by atoms with E-state index in [4.69, 9.17) is 14.2 Å². The molecule has 1 aromatic rings. The first-order valence-corrected chi connectivity index (χ1v) is 6.53. The molecule has 0 amide bonds. The molecule has 0 heterocycles. The predicted octanol–water partition coefficient (Wildman–Crippen LogP) is 2.42. The molecule has 0 saturated carbocycles. The van der Waals surface area contributed by atoms with Crippen LogP contribution in [-0.2, 0) is 9.47 Å². The first-order valence-electron chi connectivity index (χ1n) is 6.53. The summed E-state index contributed by atoms with van der Waals surface area (Å²) in [6.07, 6.45) is -0.962. The zero-order valence-electron chi connectivity index (χ0n) is 12.1. The smallest absolute Gasteiger partial charge is 0.125 e. The van der Waals surface area contributed by atoms with E-state index < -0.39 is 6.10 Å². The molecular formula is C15H24O4. The third-order valence-electron chi connectivity index (χ3n) is 3.02. The van der Waals surface area contributed by atoms with E-state index in [1.54, 1.807) is 14.2 Å². The van der Waals surface area contributed by atoms with Crippen LogP contribution >= 0.6 is 0 Å². The van der Waals surface area contributed by atoms with E-state index in [1.807, 2.05) is 38.1 Å². The van der Waals surface area contributed by atoms with Crippen LogP contribution in [0, 0.1) is 5.92 Å². The highest BCUT2D eigenvalue weighted by Gasteiger charge is 2.26. The number of rotatable bonds is 8. The number of hydrogen-bond donors (Lipinski definition) is 1. The second-order valence-electron chi connectivity index (χ2n) is 4.77. The van der Waals surface area contributed by atoms with Gasteiger partial charge < -0.3 is 19.3 Å². The van der Waals surface area contributed by atoms with Gasteiger partial charge in [0.15, 0.2) is 0 Å². The van der Waals surface area contributed by atoms with Gasteiger partial charge in [0.2, 0.25) is 0 Å². The molecule has 0 bridgehead atoms. The molecule has 2 unspecified atom stereocenters. The van der Waals surface area contributed by atoms with E-state index in [0.29, 0.717) is 19.0 Å². The molecule has 4 heteroatoms. The molecule has 4 nitrogen and oxygen atoms in total. The lowest BCUT2D eigenvalue weighted by atomic mass is 9.95. The molecule has 0 aliphatic rings. The summed E-state index contributed by atoms with van der Waals surface area (Å²) < 4.78 is 16.0. The maximum absolute atomic E-state index is 10.5. The fourth-order valence-electron chi connectivity index (χ4n) is 2.03. The van der Waals surface area contributed by atoms with Gasteiger partial charge in [-0.05, 0) is 12.0 Å². The van der Waals surface area contributed by atoms with Gasteiger partial charge in [0.1, 0.15) is 18.5 Å². The standard InChI is InChI=1S/C15H24O4/c1-11(2)15(18-4)14(16)12-7-5-6-8-13(12)19-10-9-17-3/h5-8,11,14-16H,9-10H2,1-4H3. The van der Waals surface area contributed by atoms with E-state index in [0.717, 1.165) is 5.56 Å². The van der Waals surface area contributed by atoms with Gasteiger partial charge in [-0.2, -0.15) is 0 Å². The Kier molecular flexibility index (Phi) is 6.84. The summed E-state index contributed by atoms with van der Waals surface area (Å²) in [6, 6.07) is 7.48. The Balaban J connectivity index is 2.85. The molecule has 0 aliphatic carbocycles. The predicted molar refractivity (Wildman–Crippen MR) is 74.4 cm³/mol. The van der Waals surface area contributed by atoms with Gasteiger partial charge >= 0.3 is 0 Å². The number of ether oxygens (including phenoxy) is 3. The second kappa shape index (κ2) is 8.15. The monoisotopic (exact) mass is 268 g/mol. The molecule has 0 radical (unpaired) electrons. The summed E-state index contributed by atoms with van der Waals surface area (Å²) in [5.41, 5.74) is 0.749. The number of methoxy groups -OCH3 is 2. The maximum atomic E-state index is 10.5. The average molecular weight is 268 g/mol. The molecular weight excluding hydrogens is 244 g/mol. The van der Waals surface area contributed by atoms with E-state index in [1.165, 1.54) is 0 Å². The summed E-state index contributed by atoms with van der Waals surface area (Å²) in [5.74, 6) is 0.891. The third-order valence-corrected chi connectivity index (χ3v) is 3.02. The summed E-state index contributed by atoms with van der Waals surface area (Å²) in [4.78, 5) is 0. The first kappa shape index (κ1) is 16.0. The zero-order chi connectivity index (χ0) is 14.3. The van der Waals surface area contributed by atoms with Crippen molar-refractivity contribution >= 4 is 0 Å². The van der Waals surface area contributed by atoms with Crippen molar-refractivity contribution in [3.8, 4) is 5.75 Å². The molecule has 0 aliphatic heterocycles. The molecule has 19 heavy (non-hydrogen) atoms. The van der Waals surface area contributed by atoms with Crippen LogP contribution in [-0.4, -0.2) is 38.6 Å². The van der Waals surface area contributed by atoms with Gasteiger partial charge in [-0.1, -0.05) is 32.0 Å².